The molecule has 8 heteroatoms. The highest BCUT2D eigenvalue weighted by molar-refractivity contribution is 7.78. The van der Waals surface area contributed by atoms with Gasteiger partial charge in [-0.15, -0.1) is 13.2 Å². The monoisotopic (exact) mass is 928 g/mol. The van der Waals surface area contributed by atoms with Crippen molar-refractivity contribution in [1.82, 2.24) is 16.0 Å². The fraction of sp³-hybridized carbons (Fsp3) is 0.586. The summed E-state index contributed by atoms with van der Waals surface area (Å²) in [5.74, 6) is 0.480. The van der Waals surface area contributed by atoms with Crippen molar-refractivity contribution in [1.29, 1.82) is 0 Å². The topological polar surface area (TPSA) is 127 Å². The summed E-state index contributed by atoms with van der Waals surface area (Å²) in [5, 5.41) is 10.4. The summed E-state index contributed by atoms with van der Waals surface area (Å²) in [6.45, 7) is 39.2. The van der Waals surface area contributed by atoms with Crippen LogP contribution in [0.5, 0.6) is 0 Å². The summed E-state index contributed by atoms with van der Waals surface area (Å²) in [6, 6.07) is 12.9. The van der Waals surface area contributed by atoms with Gasteiger partial charge in [0.05, 0.1) is 11.8 Å². The number of aliphatic imine (C=N–C) groups is 1. The van der Waals surface area contributed by atoms with Gasteiger partial charge in [-0.2, -0.15) is 0 Å². The number of nitrogens with two attached hydrogens (primary N) is 3. The lowest BCUT2D eigenvalue weighted by atomic mass is 9.87. The Labute approximate surface area is 413 Å². The number of rotatable bonds is 19. The molecule has 7 nitrogen and oxygen atoms in total. The van der Waals surface area contributed by atoms with E-state index in [1.807, 2.05) is 26.3 Å². The van der Waals surface area contributed by atoms with Crippen LogP contribution in [0, 0.1) is 19.3 Å². The van der Waals surface area contributed by atoms with Crippen LogP contribution in [-0.4, -0.2) is 51.1 Å². The average Bonchev–Trinajstić information content (AvgIpc) is 3.98. The molecule has 1 aliphatic carbocycles. The molecule has 2 aromatic rings. The molecule has 5 rings (SSSR count). The molecule has 0 amide bonds. The molecule has 2 atom stereocenters. The quantitative estimate of drug-likeness (QED) is 0.0359. The van der Waals surface area contributed by atoms with Gasteiger partial charge in [0.15, 0.2) is 0 Å². The molecule has 3 aliphatic rings. The number of benzene rings is 2. The molecule has 374 valence electrons. The number of unbranched alkanes of at least 4 members (excludes halogenated alkanes) is 7. The number of aryl methyl sites for hydroxylation is 3. The van der Waals surface area contributed by atoms with E-state index in [2.05, 4.69) is 155 Å². The van der Waals surface area contributed by atoms with Crippen LogP contribution in [0.2, 0.25) is 0 Å². The zero-order chi connectivity index (χ0) is 50.2. The van der Waals surface area contributed by atoms with Gasteiger partial charge in [0.25, 0.3) is 0 Å². The highest BCUT2D eigenvalue weighted by atomic mass is 32.1. The Morgan fingerprint density at radius 1 is 0.909 bits per heavy atom. The van der Waals surface area contributed by atoms with Crippen molar-refractivity contribution in [2.24, 2.45) is 27.6 Å². The van der Waals surface area contributed by atoms with Crippen molar-refractivity contribution >= 4 is 29.7 Å². The lowest BCUT2D eigenvalue weighted by Crippen LogP contribution is -2.18. The van der Waals surface area contributed by atoms with Crippen LogP contribution < -0.4 is 33.2 Å². The Hall–Kier alpha value is -3.82. The van der Waals surface area contributed by atoms with Crippen LogP contribution in [-0.2, 0) is 12.8 Å². The maximum absolute atomic E-state index is 5.31. The van der Waals surface area contributed by atoms with Gasteiger partial charge in [0.1, 0.15) is 0 Å². The average molecular weight is 929 g/mol. The summed E-state index contributed by atoms with van der Waals surface area (Å²) >= 11 is 4.05. The van der Waals surface area contributed by atoms with Gasteiger partial charge in [-0.1, -0.05) is 141 Å². The standard InChI is InChI=1S/C42H59N3.C5H11N.C5H13N.C2H6.C2H4.CH3NS.CH5N/c1-6-32(2)18-12-10-8-7-9-11-13-19-34(4)44-27-17-14-20-37-29-39(28-33(3)35(37)5)40-25-24-36-22-23-38(30-41(36)40)42-21-15-16-26-43-31-45-42;1-5-3-2-4-6-5;1-5(2,3)4-6;2*1-2;2-1-3;1-2/h6,21-23,28-31,40,44H,1-2,4,7-20,24-27H2,3,5H3,(H,43,45);5-6H,2-4H2,1H3;4,6H2,1-3H3;1-2H3;1-2H2;1H,(H2,2,3);2H2,1H3/b42-21-;;;;;;. The van der Waals surface area contributed by atoms with Crippen LogP contribution in [0.1, 0.15) is 189 Å². The van der Waals surface area contributed by atoms with Crippen molar-refractivity contribution < 1.29 is 0 Å². The molecule has 66 heavy (non-hydrogen) atoms. The Morgan fingerprint density at radius 2 is 1.53 bits per heavy atom. The van der Waals surface area contributed by atoms with Gasteiger partial charge in [-0.3, -0.25) is 4.99 Å². The normalized spacial score (nSPS) is 16.3. The van der Waals surface area contributed by atoms with Gasteiger partial charge in [0.2, 0.25) is 0 Å². The Morgan fingerprint density at radius 3 is 2.09 bits per heavy atom. The molecule has 0 spiro atoms. The summed E-state index contributed by atoms with van der Waals surface area (Å²) < 4.78 is 0. The molecule has 0 aromatic heterocycles. The minimum absolute atomic E-state index is 0.319. The van der Waals surface area contributed by atoms with E-state index < -0.39 is 0 Å². The number of thiocarbonyl (C=S) groups is 1. The molecule has 9 N–H and O–H groups in total. The molecular formula is C58H101N7S. The van der Waals surface area contributed by atoms with Crippen molar-refractivity contribution in [3.63, 3.8) is 0 Å². The Kier molecular flexibility index (Phi) is 40.3. The predicted molar refractivity (Wildman–Crippen MR) is 303 cm³/mol. The number of nitrogens with zero attached hydrogens (tertiary/aromatic N) is 1. The van der Waals surface area contributed by atoms with E-state index in [4.69, 9.17) is 5.73 Å². The summed E-state index contributed by atoms with van der Waals surface area (Å²) in [6.07, 6.45) is 28.3. The maximum atomic E-state index is 5.31. The fourth-order valence-electron chi connectivity index (χ4n) is 7.74. The van der Waals surface area contributed by atoms with E-state index in [0.29, 0.717) is 11.3 Å². The molecule has 1 fully saturated rings. The molecule has 0 radical (unpaired) electrons. The number of hydrogen-bond donors (Lipinski definition) is 6. The second-order valence-corrected chi connectivity index (χ2v) is 18.6. The first kappa shape index (κ1) is 64.3. The molecule has 0 saturated carbocycles. The zero-order valence-corrected chi connectivity index (χ0v) is 44.8. The minimum atomic E-state index is 0.319. The van der Waals surface area contributed by atoms with Gasteiger partial charge >= 0.3 is 0 Å². The highest BCUT2D eigenvalue weighted by Crippen LogP contribution is 2.40. The van der Waals surface area contributed by atoms with Crippen LogP contribution in [0.3, 0.4) is 0 Å². The van der Waals surface area contributed by atoms with Crippen LogP contribution in [0.15, 0.2) is 91.6 Å². The molecule has 2 aromatic carbocycles. The van der Waals surface area contributed by atoms with Crippen molar-refractivity contribution in [3.8, 4) is 0 Å². The Balaban J connectivity index is 0. The largest absolute Gasteiger partial charge is 0.396 e. The molecule has 0 bridgehead atoms. The van der Waals surface area contributed by atoms with E-state index in [1.54, 1.807) is 0 Å². The third-order valence-corrected chi connectivity index (χ3v) is 11.8. The molecule has 2 aliphatic heterocycles. The summed E-state index contributed by atoms with van der Waals surface area (Å²) in [7, 11) is 1.50. The summed E-state index contributed by atoms with van der Waals surface area (Å²) in [4.78, 5) is 4.46. The lowest BCUT2D eigenvalue weighted by Gasteiger charge is -2.19. The highest BCUT2D eigenvalue weighted by Gasteiger charge is 2.26. The zero-order valence-electron chi connectivity index (χ0n) is 44.0. The van der Waals surface area contributed by atoms with Crippen molar-refractivity contribution in [2.45, 2.75) is 183 Å². The second-order valence-electron chi connectivity index (χ2n) is 18.3. The molecule has 2 unspecified atom stereocenters. The van der Waals surface area contributed by atoms with Crippen LogP contribution in [0.25, 0.3) is 5.70 Å². The van der Waals surface area contributed by atoms with Crippen LogP contribution in [0.4, 0.5) is 0 Å². The van der Waals surface area contributed by atoms with Gasteiger partial charge in [0, 0.05) is 36.4 Å². The number of allylic oxidation sites excluding steroid dienone is 4. The minimum Gasteiger partial charge on any atom is -0.396 e. The maximum Gasteiger partial charge on any atom is 0.0867 e. The summed E-state index contributed by atoms with van der Waals surface area (Å²) in [5.41, 5.74) is 29.5. The molecule has 1 saturated heterocycles. The first-order valence-electron chi connectivity index (χ1n) is 25.4. The van der Waals surface area contributed by atoms with Gasteiger partial charge < -0.3 is 33.2 Å². The van der Waals surface area contributed by atoms with Gasteiger partial charge in [-0.05, 0) is 175 Å². The lowest BCUT2D eigenvalue weighted by molar-refractivity contribution is 0.428. The number of hydrogen-bond acceptors (Lipinski definition) is 7. The third kappa shape index (κ3) is 29.7. The Bertz CT molecular complexity index is 1650. The smallest absolute Gasteiger partial charge is 0.0867 e. The second kappa shape index (κ2) is 41.4. The van der Waals surface area contributed by atoms with E-state index >= 15 is 0 Å². The number of nitrogens with one attached hydrogen (secondary N) is 3. The van der Waals surface area contributed by atoms with Gasteiger partial charge in [-0.25, -0.2) is 0 Å². The van der Waals surface area contributed by atoms with E-state index in [1.165, 1.54) is 153 Å². The first-order chi connectivity index (χ1) is 31.8. The van der Waals surface area contributed by atoms with E-state index in [9.17, 15) is 0 Å². The predicted octanol–water partition coefficient (Wildman–Crippen LogP) is 13.9. The molecule has 2 heterocycles. The van der Waals surface area contributed by atoms with E-state index in [0.717, 1.165) is 63.3 Å². The third-order valence-electron chi connectivity index (χ3n) is 11.8. The van der Waals surface area contributed by atoms with Crippen LogP contribution >= 0.6 is 12.2 Å². The SMILES string of the molecule is C=C.C=CC(=C)CCCCCCCCCC(=C)NCCCCc1cc(C2CCc3ccc(/C4=C/CCCN=CN4)cc32)cc(C)c1C.CC.CC(C)(C)CN.CC1CCCN1.CN.NC=S. The van der Waals surface area contributed by atoms with E-state index in [-0.39, 0.29) is 0 Å². The fourth-order valence-corrected chi connectivity index (χ4v) is 7.74. The first-order valence-corrected chi connectivity index (χ1v) is 25.9. The van der Waals surface area contributed by atoms with Crippen molar-refractivity contribution in [3.05, 3.63) is 126 Å². The number of fused-ring (bicyclic) bond motifs is 1. The molecular weight excluding hydrogens is 827 g/mol. The van der Waals surface area contributed by atoms with Crippen molar-refractivity contribution in [2.75, 3.05) is 33.2 Å².